The lowest BCUT2D eigenvalue weighted by Gasteiger charge is -2.18. The second-order valence-electron chi connectivity index (χ2n) is 8.34. The van der Waals surface area contributed by atoms with Crippen molar-refractivity contribution in [2.75, 3.05) is 11.4 Å². The predicted octanol–water partition coefficient (Wildman–Crippen LogP) is 2.40. The Morgan fingerprint density at radius 3 is 3.00 bits per heavy atom. The highest BCUT2D eigenvalue weighted by atomic mass is 35.5. The first-order valence-corrected chi connectivity index (χ1v) is 10.3. The standard InChI is InChI=1S/C21H14ClFN6O2/c22-14-5-4-12-18(25-14)24-9-28(19(12)30)8-15-26-20(27-31-15)21-13-7-29(17(21)16(13)21)11-3-1-2-10(23)6-11/h1-6,9,13,16-17H,7-8H2/t13-,16-,17?,21-/m1/s1. The van der Waals surface area contributed by atoms with E-state index in [-0.39, 0.29) is 34.5 Å². The summed E-state index contributed by atoms with van der Waals surface area (Å²) in [5, 5.41) is 4.88. The van der Waals surface area contributed by atoms with Crippen LogP contribution >= 0.6 is 11.6 Å². The zero-order valence-electron chi connectivity index (χ0n) is 15.9. The molecule has 1 aromatic carbocycles. The summed E-state index contributed by atoms with van der Waals surface area (Å²) in [4.78, 5) is 27.8. The van der Waals surface area contributed by atoms with Gasteiger partial charge in [0.15, 0.2) is 11.5 Å². The molecule has 0 radical (unpaired) electrons. The fourth-order valence-electron chi connectivity index (χ4n) is 5.43. The zero-order chi connectivity index (χ0) is 20.9. The monoisotopic (exact) mass is 436 g/mol. The Morgan fingerprint density at radius 2 is 2.16 bits per heavy atom. The maximum absolute atomic E-state index is 13.6. The summed E-state index contributed by atoms with van der Waals surface area (Å²) in [5.41, 5.74) is 0.844. The van der Waals surface area contributed by atoms with Gasteiger partial charge >= 0.3 is 0 Å². The van der Waals surface area contributed by atoms with Gasteiger partial charge in [-0.3, -0.25) is 9.36 Å². The predicted molar refractivity (Wildman–Crippen MR) is 108 cm³/mol. The second kappa shape index (κ2) is 5.67. The Balaban J connectivity index is 1.15. The lowest BCUT2D eigenvalue weighted by Crippen LogP contribution is -2.23. The van der Waals surface area contributed by atoms with Crippen LogP contribution in [-0.4, -0.2) is 37.3 Å². The SMILES string of the molecule is O=c1c2ccc(Cl)nc2ncn1Cc1nc([C@@]23C4[C@H]2[C@H]3CN4c2cccc(F)c2)no1. The first kappa shape index (κ1) is 17.4. The van der Waals surface area contributed by atoms with E-state index in [1.807, 2.05) is 6.07 Å². The number of pyridine rings is 1. The number of nitrogens with zero attached hydrogens (tertiary/aromatic N) is 6. The molecule has 2 saturated carbocycles. The molecule has 4 aromatic rings. The first-order valence-electron chi connectivity index (χ1n) is 9.94. The van der Waals surface area contributed by atoms with Crippen molar-refractivity contribution in [3.63, 3.8) is 0 Å². The lowest BCUT2D eigenvalue weighted by atomic mass is 10.1. The summed E-state index contributed by atoms with van der Waals surface area (Å²) in [7, 11) is 0. The normalized spacial score (nSPS) is 27.5. The third-order valence-electron chi connectivity index (χ3n) is 6.89. The van der Waals surface area contributed by atoms with Gasteiger partial charge in [0, 0.05) is 24.2 Å². The molecule has 2 bridgehead atoms. The van der Waals surface area contributed by atoms with E-state index >= 15 is 0 Å². The molecular weight excluding hydrogens is 423 g/mol. The molecule has 31 heavy (non-hydrogen) atoms. The summed E-state index contributed by atoms with van der Waals surface area (Å²) < 4.78 is 20.5. The molecule has 2 aliphatic carbocycles. The molecule has 2 aliphatic heterocycles. The van der Waals surface area contributed by atoms with E-state index in [4.69, 9.17) is 16.1 Å². The molecule has 8 nitrogen and oxygen atoms in total. The van der Waals surface area contributed by atoms with Crippen LogP contribution in [0.3, 0.4) is 0 Å². The molecule has 0 N–H and O–H groups in total. The highest BCUT2D eigenvalue weighted by Gasteiger charge is 2.95. The highest BCUT2D eigenvalue weighted by Crippen LogP contribution is 2.85. The van der Waals surface area contributed by atoms with Crippen molar-refractivity contribution >= 4 is 28.3 Å². The van der Waals surface area contributed by atoms with Crippen LogP contribution in [0.25, 0.3) is 11.0 Å². The average Bonchev–Trinajstić information content (AvgIpc) is 3.30. The molecule has 1 unspecified atom stereocenters. The van der Waals surface area contributed by atoms with E-state index in [2.05, 4.69) is 25.0 Å². The van der Waals surface area contributed by atoms with Crippen molar-refractivity contribution in [3.05, 3.63) is 75.8 Å². The number of rotatable bonds is 4. The smallest absolute Gasteiger partial charge is 0.263 e. The molecular formula is C21H14ClFN6O2. The molecule has 4 atom stereocenters. The Morgan fingerprint density at radius 1 is 1.26 bits per heavy atom. The van der Waals surface area contributed by atoms with Gasteiger partial charge in [0.05, 0.1) is 10.8 Å². The molecule has 10 heteroatoms. The van der Waals surface area contributed by atoms with Crippen LogP contribution in [0.15, 0.2) is 52.0 Å². The molecule has 5 heterocycles. The van der Waals surface area contributed by atoms with Crippen LogP contribution in [0, 0.1) is 17.7 Å². The van der Waals surface area contributed by atoms with Gasteiger partial charge in [-0.1, -0.05) is 22.8 Å². The number of hydrogen-bond acceptors (Lipinski definition) is 7. The van der Waals surface area contributed by atoms with Crippen LogP contribution in [0.4, 0.5) is 10.1 Å². The number of benzene rings is 1. The van der Waals surface area contributed by atoms with E-state index in [0.29, 0.717) is 34.6 Å². The molecule has 2 saturated heterocycles. The molecule has 0 spiro atoms. The van der Waals surface area contributed by atoms with Crippen LogP contribution < -0.4 is 10.5 Å². The maximum atomic E-state index is 13.6. The van der Waals surface area contributed by atoms with Gasteiger partial charge in [-0.15, -0.1) is 0 Å². The topological polar surface area (TPSA) is 89.9 Å². The van der Waals surface area contributed by atoms with Gasteiger partial charge in [-0.25, -0.2) is 14.4 Å². The number of aromatic nitrogens is 5. The molecule has 4 aliphatic rings. The third-order valence-corrected chi connectivity index (χ3v) is 7.10. The highest BCUT2D eigenvalue weighted by molar-refractivity contribution is 6.29. The van der Waals surface area contributed by atoms with Crippen molar-refractivity contribution in [1.82, 2.24) is 24.7 Å². The minimum atomic E-state index is -0.250. The summed E-state index contributed by atoms with van der Waals surface area (Å²) in [6, 6.07) is 10.1. The van der Waals surface area contributed by atoms with Crippen molar-refractivity contribution in [3.8, 4) is 0 Å². The van der Waals surface area contributed by atoms with Gasteiger partial charge in [-0.05, 0) is 36.2 Å². The Labute approximate surface area is 179 Å². The number of hydrogen-bond donors (Lipinski definition) is 0. The van der Waals surface area contributed by atoms with Crippen molar-refractivity contribution < 1.29 is 8.91 Å². The van der Waals surface area contributed by atoms with Gasteiger partial charge in [0.1, 0.15) is 23.8 Å². The van der Waals surface area contributed by atoms with E-state index in [9.17, 15) is 9.18 Å². The second-order valence-corrected chi connectivity index (χ2v) is 8.72. The number of piperidine rings is 1. The Hall–Kier alpha value is -3.33. The number of anilines is 1. The fraction of sp³-hybridized carbons (Fsp3) is 0.286. The van der Waals surface area contributed by atoms with Gasteiger partial charge in [0.25, 0.3) is 5.56 Å². The Bertz CT molecular complexity index is 1450. The molecule has 8 rings (SSSR count). The molecule has 4 fully saturated rings. The van der Waals surface area contributed by atoms with E-state index < -0.39 is 0 Å². The third kappa shape index (κ3) is 2.21. The maximum Gasteiger partial charge on any atom is 0.263 e. The van der Waals surface area contributed by atoms with Crippen molar-refractivity contribution in [2.45, 2.75) is 18.0 Å². The van der Waals surface area contributed by atoms with Crippen LogP contribution in [0.1, 0.15) is 11.7 Å². The molecule has 154 valence electrons. The van der Waals surface area contributed by atoms with E-state index in [1.165, 1.54) is 17.0 Å². The minimum absolute atomic E-state index is 0.0959. The molecule has 3 aromatic heterocycles. The van der Waals surface area contributed by atoms with E-state index in [1.54, 1.807) is 24.3 Å². The number of fused-ring (bicyclic) bond motifs is 2. The fourth-order valence-corrected chi connectivity index (χ4v) is 5.58. The van der Waals surface area contributed by atoms with Crippen molar-refractivity contribution in [2.24, 2.45) is 11.8 Å². The minimum Gasteiger partial charge on any atom is -0.367 e. The Kier molecular flexibility index (Phi) is 3.18. The summed E-state index contributed by atoms with van der Waals surface area (Å²) in [6.45, 7) is 0.993. The number of halogens is 2. The average molecular weight is 437 g/mol. The quantitative estimate of drug-likeness (QED) is 0.454. The summed E-state index contributed by atoms with van der Waals surface area (Å²) in [5.74, 6) is 1.74. The largest absolute Gasteiger partial charge is 0.367 e. The van der Waals surface area contributed by atoms with Gasteiger partial charge < -0.3 is 9.42 Å². The molecule has 0 amide bonds. The van der Waals surface area contributed by atoms with Crippen molar-refractivity contribution in [1.29, 1.82) is 0 Å². The first-order chi connectivity index (χ1) is 15.1. The van der Waals surface area contributed by atoms with Crippen LogP contribution in [0.2, 0.25) is 5.15 Å². The van der Waals surface area contributed by atoms with Gasteiger partial charge in [-0.2, -0.15) is 4.98 Å². The zero-order valence-corrected chi connectivity index (χ0v) is 16.7. The summed E-state index contributed by atoms with van der Waals surface area (Å²) >= 11 is 5.87. The van der Waals surface area contributed by atoms with E-state index in [0.717, 1.165) is 12.2 Å². The van der Waals surface area contributed by atoms with Crippen LogP contribution in [-0.2, 0) is 12.0 Å². The van der Waals surface area contributed by atoms with Crippen LogP contribution in [0.5, 0.6) is 0 Å². The summed E-state index contributed by atoms with van der Waals surface area (Å²) in [6.07, 6.45) is 1.41. The lowest BCUT2D eigenvalue weighted by molar-refractivity contribution is 0.362. The van der Waals surface area contributed by atoms with Gasteiger partial charge in [0.2, 0.25) is 5.89 Å².